The van der Waals surface area contributed by atoms with Crippen LogP contribution < -0.4 is 14.8 Å². The number of rotatable bonds is 4. The average molecular weight is 403 g/mol. The average Bonchev–Trinajstić information content (AvgIpc) is 3.06. The summed E-state index contributed by atoms with van der Waals surface area (Å²) < 4.78 is 10.2. The minimum absolute atomic E-state index is 0.0255. The number of nitrogens with one attached hydrogen (secondary N) is 1. The van der Waals surface area contributed by atoms with Crippen LogP contribution in [0.1, 0.15) is 17.9 Å². The van der Waals surface area contributed by atoms with Gasteiger partial charge in [-0.1, -0.05) is 6.07 Å². The van der Waals surface area contributed by atoms with Gasteiger partial charge in [0.1, 0.15) is 0 Å². The number of hydrogen-bond acceptors (Lipinski definition) is 11. The highest BCUT2D eigenvalue weighted by molar-refractivity contribution is 5.79. The van der Waals surface area contributed by atoms with Gasteiger partial charge in [0.2, 0.25) is 12.0 Å². The Labute approximate surface area is 157 Å². The quantitative estimate of drug-likeness (QED) is 0.220. The third-order valence-corrected chi connectivity index (χ3v) is 5.12. The second kappa shape index (κ2) is 6.23. The topological polar surface area (TPSA) is 209 Å². The third-order valence-electron chi connectivity index (χ3n) is 5.12. The minimum Gasteiger partial charge on any atom is -0.493 e. The predicted octanol–water partition coefficient (Wildman–Crippen LogP) is -4.22. The van der Waals surface area contributed by atoms with Gasteiger partial charge in [-0.05, 0) is 17.7 Å². The van der Waals surface area contributed by atoms with Gasteiger partial charge >= 0.3 is 0 Å². The summed E-state index contributed by atoms with van der Waals surface area (Å²) in [4.78, 5) is 11.4. The summed E-state index contributed by atoms with van der Waals surface area (Å²) in [6.07, 6.45) is -2.58. The molecule has 1 aliphatic heterocycles. The van der Waals surface area contributed by atoms with E-state index in [1.54, 1.807) is 6.07 Å². The maximum atomic E-state index is 11.4. The molecule has 0 spiro atoms. The Kier molecular flexibility index (Phi) is 4.61. The number of hydrogen-bond donors (Lipinski definition) is 9. The van der Waals surface area contributed by atoms with E-state index < -0.39 is 29.3 Å². The molecule has 2 fully saturated rings. The van der Waals surface area contributed by atoms with Crippen molar-refractivity contribution < 1.29 is 55.1 Å². The Bertz CT molecular complexity index is 763. The molecule has 1 aliphatic carbocycles. The maximum absolute atomic E-state index is 11.4. The van der Waals surface area contributed by atoms with Crippen molar-refractivity contribution in [1.29, 1.82) is 0 Å². The number of carbonyl (C=O) groups is 1. The molecule has 1 saturated carbocycles. The zero-order valence-corrected chi connectivity index (χ0v) is 14.6. The van der Waals surface area contributed by atoms with Crippen LogP contribution >= 0.6 is 0 Å². The van der Waals surface area contributed by atoms with Crippen molar-refractivity contribution in [1.82, 2.24) is 5.32 Å². The fourth-order valence-corrected chi connectivity index (χ4v) is 3.33. The normalized spacial score (nSPS) is 27.5. The second-order valence-electron chi connectivity index (χ2n) is 6.91. The molecule has 28 heavy (non-hydrogen) atoms. The van der Waals surface area contributed by atoms with Gasteiger partial charge in [-0.15, -0.1) is 0 Å². The van der Waals surface area contributed by atoms with Crippen molar-refractivity contribution in [3.05, 3.63) is 23.8 Å². The molecule has 12 nitrogen and oxygen atoms in total. The highest BCUT2D eigenvalue weighted by Gasteiger charge is 2.85. The van der Waals surface area contributed by atoms with Gasteiger partial charge in [0.25, 0.3) is 23.1 Å². The van der Waals surface area contributed by atoms with Gasteiger partial charge in [-0.3, -0.25) is 4.79 Å². The number of carbonyl (C=O) groups excluding carboxylic acids is 1. The summed E-state index contributed by atoms with van der Waals surface area (Å²) in [6.45, 7) is 0.328. The van der Waals surface area contributed by atoms with Gasteiger partial charge in [0.05, 0.1) is 7.11 Å². The number of aliphatic hydroxyl groups is 8. The fraction of sp³-hybridized carbons (Fsp3) is 0.562. The lowest BCUT2D eigenvalue weighted by Crippen LogP contribution is -2.66. The van der Waals surface area contributed by atoms with E-state index in [1.807, 2.05) is 0 Å². The molecule has 12 heteroatoms. The van der Waals surface area contributed by atoms with Gasteiger partial charge in [0.15, 0.2) is 11.5 Å². The number of benzene rings is 1. The summed E-state index contributed by atoms with van der Waals surface area (Å²) >= 11 is 0. The lowest BCUT2D eigenvalue weighted by molar-refractivity contribution is -0.452. The Balaban J connectivity index is 2.01. The van der Waals surface area contributed by atoms with Crippen molar-refractivity contribution in [3.8, 4) is 11.5 Å². The first kappa shape index (κ1) is 20.7. The van der Waals surface area contributed by atoms with E-state index in [1.165, 1.54) is 19.2 Å². The van der Waals surface area contributed by atoms with E-state index in [2.05, 4.69) is 5.32 Å². The van der Waals surface area contributed by atoms with Crippen LogP contribution in [-0.4, -0.2) is 89.7 Å². The molecule has 1 heterocycles. The molecule has 0 aromatic heterocycles. The van der Waals surface area contributed by atoms with Crippen LogP contribution in [0.4, 0.5) is 0 Å². The van der Waals surface area contributed by atoms with E-state index in [4.69, 9.17) is 9.47 Å². The van der Waals surface area contributed by atoms with Crippen LogP contribution in [0.25, 0.3) is 0 Å². The van der Waals surface area contributed by atoms with Crippen LogP contribution in [0.5, 0.6) is 11.5 Å². The summed E-state index contributed by atoms with van der Waals surface area (Å²) in [5, 5.41) is 81.4. The zero-order chi connectivity index (χ0) is 21.1. The van der Waals surface area contributed by atoms with Gasteiger partial charge in [-0.2, -0.15) is 0 Å². The van der Waals surface area contributed by atoms with Crippen molar-refractivity contribution in [2.75, 3.05) is 13.7 Å². The Morgan fingerprint density at radius 3 is 2.00 bits per heavy atom. The molecule has 1 atom stereocenters. The summed E-state index contributed by atoms with van der Waals surface area (Å²) in [5.74, 6) is -17.0. The monoisotopic (exact) mass is 403 g/mol. The molecular formula is C16H21NO11. The molecule has 9 N–H and O–H groups in total. The van der Waals surface area contributed by atoms with Gasteiger partial charge < -0.3 is 55.6 Å². The highest BCUT2D eigenvalue weighted by Crippen LogP contribution is 2.50. The van der Waals surface area contributed by atoms with Crippen molar-refractivity contribution >= 4 is 5.91 Å². The lowest BCUT2D eigenvalue weighted by atomic mass is 9.98. The second-order valence-corrected chi connectivity index (χ2v) is 6.91. The van der Waals surface area contributed by atoms with Gasteiger partial charge in [-0.25, -0.2) is 0 Å². The third kappa shape index (κ3) is 2.66. The predicted molar refractivity (Wildman–Crippen MR) is 86.5 cm³/mol. The molecule has 1 aromatic rings. The number of methoxy groups -OCH3 is 1. The zero-order valence-electron chi connectivity index (χ0n) is 14.6. The van der Waals surface area contributed by atoms with Gasteiger partial charge in [0, 0.05) is 18.9 Å². The van der Waals surface area contributed by atoms with E-state index in [9.17, 15) is 45.6 Å². The lowest BCUT2D eigenvalue weighted by Gasteiger charge is -2.34. The Morgan fingerprint density at radius 2 is 1.54 bits per heavy atom. The molecule has 1 unspecified atom stereocenters. The molecular weight excluding hydrogens is 382 g/mol. The van der Waals surface area contributed by atoms with Crippen molar-refractivity contribution in [2.24, 2.45) is 0 Å². The van der Waals surface area contributed by atoms with Crippen LogP contribution in [-0.2, 0) is 4.79 Å². The minimum atomic E-state index is -4.19. The number of ether oxygens (including phenoxy) is 2. The van der Waals surface area contributed by atoms with E-state index in [0.717, 1.165) is 0 Å². The molecule has 0 radical (unpaired) electrons. The Morgan fingerprint density at radius 1 is 0.964 bits per heavy atom. The summed E-state index contributed by atoms with van der Waals surface area (Å²) in [5.41, 5.74) is 0.550. The van der Waals surface area contributed by atoms with Crippen LogP contribution in [0.2, 0.25) is 0 Å². The highest BCUT2D eigenvalue weighted by atomic mass is 16.7. The van der Waals surface area contributed by atoms with Crippen LogP contribution in [0.15, 0.2) is 18.2 Å². The van der Waals surface area contributed by atoms with E-state index >= 15 is 0 Å². The molecule has 0 bridgehead atoms. The molecule has 1 saturated heterocycles. The molecule has 1 aromatic carbocycles. The number of amides is 1. The van der Waals surface area contributed by atoms with E-state index in [-0.39, 0.29) is 29.7 Å². The summed E-state index contributed by atoms with van der Waals surface area (Å²) in [6, 6.07) is 4.30. The molecule has 2 aliphatic rings. The van der Waals surface area contributed by atoms with Crippen molar-refractivity contribution in [2.45, 2.75) is 41.6 Å². The largest absolute Gasteiger partial charge is 0.493 e. The summed E-state index contributed by atoms with van der Waals surface area (Å²) in [7, 11) is 1.23. The van der Waals surface area contributed by atoms with E-state index in [0.29, 0.717) is 12.1 Å². The molecule has 156 valence electrons. The first-order chi connectivity index (χ1) is 12.8. The SMILES string of the molecule is COc1ccc(C2CNC(=O)C2)cc1OC1C(O)(O)C(O)(O)C(O)(O)C1(O)O. The van der Waals surface area contributed by atoms with Crippen LogP contribution in [0, 0.1) is 0 Å². The maximum Gasteiger partial charge on any atom is 0.284 e. The van der Waals surface area contributed by atoms with Crippen LogP contribution in [0.3, 0.4) is 0 Å². The van der Waals surface area contributed by atoms with Crippen molar-refractivity contribution in [3.63, 3.8) is 0 Å². The smallest absolute Gasteiger partial charge is 0.284 e. The molecule has 3 rings (SSSR count). The molecule has 1 amide bonds. The first-order valence-corrected chi connectivity index (χ1v) is 8.17. The standard InChI is InChI=1S/C16H21NO11/c1-27-9-3-2-7(8-5-11(18)17-6-8)4-10(9)28-12-13(19,20)15(23,24)16(25,26)14(12,21)22/h2-4,8,12,19-26H,5-6H2,1H3,(H,17,18). The first-order valence-electron chi connectivity index (χ1n) is 8.17. The Hall–Kier alpha value is -2.03. The fourth-order valence-electron chi connectivity index (χ4n) is 3.33.